The molecule has 0 fully saturated rings. The molecule has 13 rings (SSSR count). The first-order valence-electron chi connectivity index (χ1n) is 19.8. The van der Waals surface area contributed by atoms with Gasteiger partial charge in [-0.15, -0.1) is 0 Å². The third-order valence-electron chi connectivity index (χ3n) is 11.8. The van der Waals surface area contributed by atoms with Crippen molar-refractivity contribution in [1.29, 1.82) is 0 Å². The van der Waals surface area contributed by atoms with Crippen LogP contribution in [0.1, 0.15) is 0 Å². The molecule has 4 heterocycles. The van der Waals surface area contributed by atoms with Crippen molar-refractivity contribution < 1.29 is 8.83 Å². The minimum atomic E-state index is 0.554. The van der Waals surface area contributed by atoms with E-state index in [0.717, 1.165) is 88.1 Å². The van der Waals surface area contributed by atoms with E-state index in [4.69, 9.17) is 23.8 Å². The van der Waals surface area contributed by atoms with Crippen LogP contribution in [0.2, 0.25) is 0 Å². The van der Waals surface area contributed by atoms with Gasteiger partial charge in [0.2, 0.25) is 0 Å². The molecule has 0 unspecified atom stereocenters. The zero-order valence-corrected chi connectivity index (χ0v) is 31.4. The molecule has 13 aromatic rings. The number of rotatable bonds is 4. The topological polar surface area (TPSA) is 69.9 Å². The molecule has 6 heteroatoms. The fourth-order valence-corrected chi connectivity index (χ4v) is 9.26. The number of aromatic nitrogens is 4. The molecular weight excluding hydrogens is 725 g/mol. The van der Waals surface area contributed by atoms with E-state index < -0.39 is 0 Å². The van der Waals surface area contributed by atoms with Gasteiger partial charge >= 0.3 is 0 Å². The van der Waals surface area contributed by atoms with Crippen molar-refractivity contribution >= 4 is 87.2 Å². The summed E-state index contributed by atoms with van der Waals surface area (Å²) in [5.41, 5.74) is 9.15. The zero-order chi connectivity index (χ0) is 38.6. The quantitative estimate of drug-likeness (QED) is 0.167. The molecule has 0 aliphatic carbocycles. The Labute approximate surface area is 336 Å². The van der Waals surface area contributed by atoms with E-state index in [0.29, 0.717) is 17.5 Å². The summed E-state index contributed by atoms with van der Waals surface area (Å²) in [5, 5.41) is 11.1. The fourth-order valence-electron chi connectivity index (χ4n) is 9.26. The minimum Gasteiger partial charge on any atom is -0.456 e. The van der Waals surface area contributed by atoms with Crippen molar-refractivity contribution in [3.63, 3.8) is 0 Å². The summed E-state index contributed by atoms with van der Waals surface area (Å²) >= 11 is 0. The maximum atomic E-state index is 6.36. The van der Waals surface area contributed by atoms with Gasteiger partial charge in [-0.25, -0.2) is 15.0 Å². The van der Waals surface area contributed by atoms with Crippen LogP contribution in [0.25, 0.3) is 127 Å². The van der Waals surface area contributed by atoms with Crippen molar-refractivity contribution in [2.24, 2.45) is 0 Å². The predicted molar refractivity (Wildman–Crippen MR) is 240 cm³/mol. The van der Waals surface area contributed by atoms with Crippen molar-refractivity contribution in [2.75, 3.05) is 0 Å². The largest absolute Gasteiger partial charge is 0.456 e. The summed E-state index contributed by atoms with van der Waals surface area (Å²) in [7, 11) is 0. The van der Waals surface area contributed by atoms with Gasteiger partial charge in [-0.2, -0.15) is 0 Å². The maximum Gasteiger partial charge on any atom is 0.164 e. The molecule has 0 N–H and O–H groups in total. The van der Waals surface area contributed by atoms with E-state index in [-0.39, 0.29) is 0 Å². The molecule has 0 amide bonds. The van der Waals surface area contributed by atoms with E-state index >= 15 is 0 Å². The lowest BCUT2D eigenvalue weighted by molar-refractivity contribution is 0.668. The van der Waals surface area contributed by atoms with Gasteiger partial charge < -0.3 is 13.4 Å². The van der Waals surface area contributed by atoms with E-state index in [2.05, 4.69) is 132 Å². The molecule has 0 aliphatic rings. The van der Waals surface area contributed by atoms with Gasteiger partial charge in [0.25, 0.3) is 0 Å². The number of fused-ring (bicyclic) bond motifs is 12. The Morgan fingerprint density at radius 3 is 1.73 bits per heavy atom. The molecule has 0 aliphatic heterocycles. The van der Waals surface area contributed by atoms with Gasteiger partial charge in [0.05, 0.1) is 16.7 Å². The molecule has 9 aromatic carbocycles. The van der Waals surface area contributed by atoms with Crippen LogP contribution in [0, 0.1) is 0 Å². The lowest BCUT2D eigenvalue weighted by atomic mass is 10.00. The SMILES string of the molecule is c1ccc2c(c1)cc(-n1c3ccccc3c3c(-c4nc(-c5ccc6c(c5)oc5ccccc56)nc(-c5cccc6oc7ccccc7c56)n4)cccc31)c1ccccc12. The van der Waals surface area contributed by atoms with E-state index in [9.17, 15) is 0 Å². The number of hydrogen-bond donors (Lipinski definition) is 0. The highest BCUT2D eigenvalue weighted by Gasteiger charge is 2.23. The van der Waals surface area contributed by atoms with Gasteiger partial charge in [-0.3, -0.25) is 0 Å². The summed E-state index contributed by atoms with van der Waals surface area (Å²) in [4.78, 5) is 15.9. The Balaban J connectivity index is 1.11. The molecule has 0 saturated carbocycles. The van der Waals surface area contributed by atoms with Crippen LogP contribution in [0.15, 0.2) is 191 Å². The average Bonchev–Trinajstić information content (AvgIpc) is 3.98. The first-order chi connectivity index (χ1) is 29.2. The van der Waals surface area contributed by atoms with Gasteiger partial charge in [0.1, 0.15) is 22.3 Å². The average molecular weight is 755 g/mol. The number of hydrogen-bond acceptors (Lipinski definition) is 5. The number of nitrogens with zero attached hydrogens (tertiary/aromatic N) is 4. The molecule has 274 valence electrons. The number of para-hydroxylation sites is 3. The molecule has 4 aromatic heterocycles. The summed E-state index contributed by atoms with van der Waals surface area (Å²) in [6, 6.07) is 63.3. The molecule has 59 heavy (non-hydrogen) atoms. The van der Waals surface area contributed by atoms with E-state index in [1.54, 1.807) is 0 Å². The van der Waals surface area contributed by atoms with Crippen LogP contribution >= 0.6 is 0 Å². The summed E-state index contributed by atoms with van der Waals surface area (Å²) < 4.78 is 15.1. The molecule has 0 atom stereocenters. The Bertz CT molecular complexity index is 3870. The highest BCUT2D eigenvalue weighted by atomic mass is 16.3. The summed E-state index contributed by atoms with van der Waals surface area (Å²) in [6.07, 6.45) is 0. The number of benzene rings is 9. The number of furan rings is 2. The van der Waals surface area contributed by atoms with Gasteiger partial charge in [0, 0.05) is 54.4 Å². The minimum absolute atomic E-state index is 0.554. The normalized spacial score (nSPS) is 12.1. The Kier molecular flexibility index (Phi) is 6.63. The summed E-state index contributed by atoms with van der Waals surface area (Å²) in [6.45, 7) is 0. The van der Waals surface area contributed by atoms with Gasteiger partial charge in [-0.05, 0) is 64.7 Å². The Hall–Kier alpha value is -8.09. The van der Waals surface area contributed by atoms with Crippen molar-refractivity contribution in [3.05, 3.63) is 182 Å². The lowest BCUT2D eigenvalue weighted by Crippen LogP contribution is -2.01. The zero-order valence-electron chi connectivity index (χ0n) is 31.4. The second-order valence-corrected chi connectivity index (χ2v) is 15.1. The smallest absolute Gasteiger partial charge is 0.164 e. The van der Waals surface area contributed by atoms with Crippen molar-refractivity contribution in [2.45, 2.75) is 0 Å². The first-order valence-corrected chi connectivity index (χ1v) is 19.8. The molecular formula is C53H30N4O2. The van der Waals surface area contributed by atoms with E-state index in [1.807, 2.05) is 54.6 Å². The molecule has 0 spiro atoms. The van der Waals surface area contributed by atoms with Crippen LogP contribution in [0.5, 0.6) is 0 Å². The van der Waals surface area contributed by atoms with Crippen molar-refractivity contribution in [3.8, 4) is 39.9 Å². The lowest BCUT2D eigenvalue weighted by Gasteiger charge is -2.14. The van der Waals surface area contributed by atoms with Crippen LogP contribution in [0.3, 0.4) is 0 Å². The second-order valence-electron chi connectivity index (χ2n) is 15.1. The standard InChI is InChI=1S/C53H30N4O2/c1-2-14-33-31(13-1)29-44(35-16-4-3-15-34(33)35)57-42-22-8-5-18-38(42)49-40(20-11-23-43(49)57)52-54-51(32-27-28-37-36-17-6-9-24-45(36)59-48(37)30-32)55-53(56-52)41-21-12-26-47-50(41)39-19-7-10-25-46(39)58-47/h1-30H. The third-order valence-corrected chi connectivity index (χ3v) is 11.8. The van der Waals surface area contributed by atoms with Gasteiger partial charge in [0.15, 0.2) is 17.5 Å². The first kappa shape index (κ1) is 32.0. The second kappa shape index (κ2) is 12.2. The Morgan fingerprint density at radius 1 is 0.339 bits per heavy atom. The van der Waals surface area contributed by atoms with Crippen LogP contribution in [-0.2, 0) is 0 Å². The maximum absolute atomic E-state index is 6.36. The molecule has 6 nitrogen and oxygen atoms in total. The fraction of sp³-hybridized carbons (Fsp3) is 0. The third kappa shape index (κ3) is 4.71. The predicted octanol–water partition coefficient (Wildman–Crippen LogP) is 14.1. The molecule has 0 bridgehead atoms. The Morgan fingerprint density at radius 2 is 0.898 bits per heavy atom. The van der Waals surface area contributed by atoms with Crippen molar-refractivity contribution in [1.82, 2.24) is 19.5 Å². The van der Waals surface area contributed by atoms with Crippen LogP contribution in [0.4, 0.5) is 0 Å². The van der Waals surface area contributed by atoms with Gasteiger partial charge in [-0.1, -0.05) is 133 Å². The summed E-state index contributed by atoms with van der Waals surface area (Å²) in [5.74, 6) is 1.70. The van der Waals surface area contributed by atoms with E-state index in [1.165, 1.54) is 21.5 Å². The molecule has 0 radical (unpaired) electrons. The highest BCUT2D eigenvalue weighted by Crippen LogP contribution is 2.42. The monoisotopic (exact) mass is 754 g/mol. The molecule has 0 saturated heterocycles. The van der Waals surface area contributed by atoms with Crippen LogP contribution in [-0.4, -0.2) is 19.5 Å². The highest BCUT2D eigenvalue weighted by molar-refractivity contribution is 6.18. The van der Waals surface area contributed by atoms with Crippen LogP contribution < -0.4 is 0 Å².